The first kappa shape index (κ1) is 12.0. The Morgan fingerprint density at radius 1 is 1.53 bits per heavy atom. The quantitative estimate of drug-likeness (QED) is 0.675. The molecule has 0 saturated carbocycles. The third kappa shape index (κ3) is 5.37. The van der Waals surface area contributed by atoms with Crippen molar-refractivity contribution >= 4 is 11.8 Å². The average Bonchev–Trinajstić information content (AvgIpc) is 2.14. The van der Waals surface area contributed by atoms with E-state index in [1.54, 1.807) is 0 Å². The molecule has 0 aromatic heterocycles. The standard InChI is InChI=1S/C10H18N2O3/c1-10(2,3)15-9(13)12-11-8-5-4-6-14-7-8/h4-7H2,1-3H3,(H,12,13). The largest absolute Gasteiger partial charge is 0.443 e. The maximum Gasteiger partial charge on any atom is 0.428 e. The van der Waals surface area contributed by atoms with Crippen molar-refractivity contribution in [1.82, 2.24) is 5.43 Å². The zero-order valence-corrected chi connectivity index (χ0v) is 9.50. The van der Waals surface area contributed by atoms with Crippen molar-refractivity contribution in [2.45, 2.75) is 39.2 Å². The highest BCUT2D eigenvalue weighted by molar-refractivity contribution is 5.87. The van der Waals surface area contributed by atoms with Gasteiger partial charge in [-0.05, 0) is 33.6 Å². The number of amides is 1. The summed E-state index contributed by atoms with van der Waals surface area (Å²) in [4.78, 5) is 11.2. The van der Waals surface area contributed by atoms with E-state index in [1.807, 2.05) is 20.8 Å². The van der Waals surface area contributed by atoms with E-state index in [1.165, 1.54) is 0 Å². The van der Waals surface area contributed by atoms with Crippen LogP contribution in [0.15, 0.2) is 5.10 Å². The van der Waals surface area contributed by atoms with Gasteiger partial charge in [0.2, 0.25) is 0 Å². The molecule has 5 heteroatoms. The van der Waals surface area contributed by atoms with Crippen molar-refractivity contribution < 1.29 is 14.3 Å². The van der Waals surface area contributed by atoms with Crippen molar-refractivity contribution in [2.75, 3.05) is 13.2 Å². The number of rotatable bonds is 1. The van der Waals surface area contributed by atoms with E-state index in [-0.39, 0.29) is 0 Å². The molecule has 0 spiro atoms. The molecule has 0 aromatic carbocycles. The lowest BCUT2D eigenvalue weighted by Gasteiger charge is -2.19. The van der Waals surface area contributed by atoms with Gasteiger partial charge in [-0.15, -0.1) is 0 Å². The van der Waals surface area contributed by atoms with Gasteiger partial charge in [-0.1, -0.05) is 0 Å². The zero-order valence-electron chi connectivity index (χ0n) is 9.50. The van der Waals surface area contributed by atoms with E-state index < -0.39 is 11.7 Å². The molecule has 1 fully saturated rings. The number of carbonyl (C=O) groups is 1. The average molecular weight is 214 g/mol. The molecular weight excluding hydrogens is 196 g/mol. The summed E-state index contributed by atoms with van der Waals surface area (Å²) >= 11 is 0. The number of nitrogens with zero attached hydrogens (tertiary/aromatic N) is 1. The van der Waals surface area contributed by atoms with Crippen LogP contribution in [0.3, 0.4) is 0 Å². The van der Waals surface area contributed by atoms with Crippen molar-refractivity contribution in [1.29, 1.82) is 0 Å². The van der Waals surface area contributed by atoms with Gasteiger partial charge in [0.15, 0.2) is 0 Å². The Balaban J connectivity index is 2.32. The molecule has 1 aliphatic heterocycles. The summed E-state index contributed by atoms with van der Waals surface area (Å²) in [5.74, 6) is 0. The second-order valence-electron chi connectivity index (χ2n) is 4.45. The Kier molecular flexibility index (Phi) is 4.08. The van der Waals surface area contributed by atoms with Crippen LogP contribution in [0.5, 0.6) is 0 Å². The van der Waals surface area contributed by atoms with Crippen LogP contribution in [-0.2, 0) is 9.47 Å². The molecule has 0 aromatic rings. The molecule has 0 aliphatic carbocycles. The first-order valence-corrected chi connectivity index (χ1v) is 5.09. The third-order valence-electron chi connectivity index (χ3n) is 1.73. The minimum absolute atomic E-state index is 0.493. The first-order valence-electron chi connectivity index (χ1n) is 5.09. The molecular formula is C10H18N2O3. The molecule has 0 atom stereocenters. The van der Waals surface area contributed by atoms with Crippen LogP contribution >= 0.6 is 0 Å². The minimum atomic E-state index is -0.527. The summed E-state index contributed by atoms with van der Waals surface area (Å²) in [5.41, 5.74) is 2.72. The summed E-state index contributed by atoms with van der Waals surface area (Å²) < 4.78 is 10.2. The normalized spacial score (nSPS) is 20.1. The van der Waals surface area contributed by atoms with Crippen molar-refractivity contribution in [3.8, 4) is 0 Å². The van der Waals surface area contributed by atoms with Gasteiger partial charge in [-0.3, -0.25) is 0 Å². The third-order valence-corrected chi connectivity index (χ3v) is 1.73. The topological polar surface area (TPSA) is 59.9 Å². The summed E-state index contributed by atoms with van der Waals surface area (Å²) in [7, 11) is 0. The number of nitrogens with one attached hydrogen (secondary N) is 1. The fraction of sp³-hybridized carbons (Fsp3) is 0.800. The molecule has 0 unspecified atom stereocenters. The van der Waals surface area contributed by atoms with E-state index >= 15 is 0 Å². The van der Waals surface area contributed by atoms with E-state index in [0.29, 0.717) is 6.61 Å². The van der Waals surface area contributed by atoms with Gasteiger partial charge in [-0.25, -0.2) is 10.2 Å². The predicted molar refractivity (Wildman–Crippen MR) is 56.9 cm³/mol. The van der Waals surface area contributed by atoms with Crippen LogP contribution in [0.25, 0.3) is 0 Å². The monoisotopic (exact) mass is 214 g/mol. The molecule has 0 bridgehead atoms. The summed E-state index contributed by atoms with van der Waals surface area (Å²) in [6.45, 7) is 6.69. The molecule has 1 amide bonds. The van der Waals surface area contributed by atoms with Crippen LogP contribution in [0.1, 0.15) is 33.6 Å². The number of hydrazone groups is 1. The van der Waals surface area contributed by atoms with E-state index in [2.05, 4.69) is 10.5 Å². The lowest BCUT2D eigenvalue weighted by Crippen LogP contribution is -2.31. The molecule has 86 valence electrons. The van der Waals surface area contributed by atoms with Gasteiger partial charge in [0.05, 0.1) is 12.3 Å². The van der Waals surface area contributed by atoms with Gasteiger partial charge in [0, 0.05) is 6.61 Å². The zero-order chi connectivity index (χ0) is 11.3. The van der Waals surface area contributed by atoms with E-state index in [0.717, 1.165) is 25.2 Å². The van der Waals surface area contributed by atoms with Crippen molar-refractivity contribution in [2.24, 2.45) is 5.10 Å². The molecule has 1 rings (SSSR count). The van der Waals surface area contributed by atoms with Gasteiger partial charge in [0.25, 0.3) is 0 Å². The molecule has 1 heterocycles. The van der Waals surface area contributed by atoms with Crippen LogP contribution in [0.2, 0.25) is 0 Å². The van der Waals surface area contributed by atoms with Crippen LogP contribution in [0.4, 0.5) is 4.79 Å². The smallest absolute Gasteiger partial charge is 0.428 e. The maximum absolute atomic E-state index is 11.2. The van der Waals surface area contributed by atoms with Gasteiger partial charge in [-0.2, -0.15) is 5.10 Å². The van der Waals surface area contributed by atoms with Crippen LogP contribution in [0, 0.1) is 0 Å². The summed E-state index contributed by atoms with van der Waals surface area (Å²) in [6.07, 6.45) is 1.30. The van der Waals surface area contributed by atoms with Gasteiger partial charge in [0.1, 0.15) is 5.60 Å². The molecule has 1 N–H and O–H groups in total. The Labute approximate surface area is 89.8 Å². The Hall–Kier alpha value is -1.10. The lowest BCUT2D eigenvalue weighted by molar-refractivity contribution is 0.0528. The highest BCUT2D eigenvalue weighted by atomic mass is 16.6. The SMILES string of the molecule is CC(C)(C)OC(=O)NN=C1CCCOC1. The minimum Gasteiger partial charge on any atom is -0.443 e. The van der Waals surface area contributed by atoms with Crippen molar-refractivity contribution in [3.63, 3.8) is 0 Å². The molecule has 0 radical (unpaired) electrons. The van der Waals surface area contributed by atoms with E-state index in [4.69, 9.17) is 9.47 Å². The summed E-state index contributed by atoms with van der Waals surface area (Å²) in [6, 6.07) is 0. The van der Waals surface area contributed by atoms with Crippen LogP contribution in [-0.4, -0.2) is 30.6 Å². The molecule has 1 aliphatic rings. The second-order valence-corrected chi connectivity index (χ2v) is 4.45. The van der Waals surface area contributed by atoms with Crippen LogP contribution < -0.4 is 5.43 Å². The molecule has 5 nitrogen and oxygen atoms in total. The van der Waals surface area contributed by atoms with Gasteiger partial charge >= 0.3 is 6.09 Å². The highest BCUT2D eigenvalue weighted by Crippen LogP contribution is 2.06. The second kappa shape index (κ2) is 5.11. The lowest BCUT2D eigenvalue weighted by atomic mass is 10.2. The first-order chi connectivity index (χ1) is 6.97. The number of hydrogen-bond donors (Lipinski definition) is 1. The Bertz CT molecular complexity index is 248. The Morgan fingerprint density at radius 2 is 2.27 bits per heavy atom. The van der Waals surface area contributed by atoms with E-state index in [9.17, 15) is 4.79 Å². The number of hydrogen-bond acceptors (Lipinski definition) is 4. The van der Waals surface area contributed by atoms with Crippen molar-refractivity contribution in [3.05, 3.63) is 0 Å². The molecule has 15 heavy (non-hydrogen) atoms. The molecule has 1 saturated heterocycles. The number of carbonyl (C=O) groups excluding carboxylic acids is 1. The summed E-state index contributed by atoms with van der Waals surface area (Å²) in [5, 5.41) is 3.93. The number of ether oxygens (including phenoxy) is 2. The Morgan fingerprint density at radius 3 is 2.80 bits per heavy atom. The predicted octanol–water partition coefficient (Wildman–Crippen LogP) is 1.68. The fourth-order valence-corrected chi connectivity index (χ4v) is 1.15. The van der Waals surface area contributed by atoms with Gasteiger partial charge < -0.3 is 9.47 Å². The highest BCUT2D eigenvalue weighted by Gasteiger charge is 2.16. The fourth-order valence-electron chi connectivity index (χ4n) is 1.15. The maximum atomic E-state index is 11.2.